The number of aromatic nitrogens is 2. The normalized spacial score (nSPS) is 10.4. The Balaban J connectivity index is 2.24. The summed E-state index contributed by atoms with van der Waals surface area (Å²) in [5.74, 6) is 1.60. The average molecular weight is 356 g/mol. The number of nitrogens with one attached hydrogen (secondary N) is 2. The van der Waals surface area contributed by atoms with Crippen LogP contribution in [0.1, 0.15) is 18.9 Å². The van der Waals surface area contributed by atoms with Crippen molar-refractivity contribution < 1.29 is 0 Å². The van der Waals surface area contributed by atoms with Crippen molar-refractivity contribution in [1.82, 2.24) is 9.97 Å². The van der Waals surface area contributed by atoms with Crippen molar-refractivity contribution in [3.8, 4) is 0 Å². The molecule has 0 atom stereocenters. The fourth-order valence-corrected chi connectivity index (χ4v) is 2.44. The smallest absolute Gasteiger partial charge is 0.138 e. The first-order chi connectivity index (χ1) is 9.61. The zero-order chi connectivity index (χ0) is 14.5. The van der Waals surface area contributed by atoms with Crippen LogP contribution in [0.5, 0.6) is 0 Å². The Bertz CT molecular complexity index is 604. The molecule has 0 spiro atoms. The maximum absolute atomic E-state index is 6.20. The molecule has 0 saturated heterocycles. The first kappa shape index (κ1) is 15.1. The zero-order valence-corrected chi connectivity index (χ0v) is 13.7. The molecule has 0 aliphatic rings. The highest BCUT2D eigenvalue weighted by Crippen LogP contribution is 2.29. The second kappa shape index (κ2) is 6.90. The second-order valence-corrected chi connectivity index (χ2v) is 5.69. The van der Waals surface area contributed by atoms with Crippen molar-refractivity contribution in [3.63, 3.8) is 0 Å². The molecule has 0 unspecified atom stereocenters. The molecule has 2 N–H and O–H groups in total. The molecule has 6 heteroatoms. The third-order valence-electron chi connectivity index (χ3n) is 2.81. The molecule has 1 heterocycles. The Morgan fingerprint density at radius 1 is 1.25 bits per heavy atom. The molecule has 1 aromatic carbocycles. The first-order valence-corrected chi connectivity index (χ1v) is 7.56. The van der Waals surface area contributed by atoms with E-state index in [1.807, 2.05) is 25.1 Å². The number of anilines is 3. The van der Waals surface area contributed by atoms with Crippen LogP contribution in [0, 0.1) is 6.92 Å². The number of hydrogen-bond acceptors (Lipinski definition) is 4. The number of benzene rings is 1. The molecule has 0 saturated carbocycles. The second-order valence-electron chi connectivity index (χ2n) is 4.37. The lowest BCUT2D eigenvalue weighted by molar-refractivity contribution is 0.960. The van der Waals surface area contributed by atoms with Gasteiger partial charge in [0, 0.05) is 16.6 Å². The van der Waals surface area contributed by atoms with E-state index in [-0.39, 0.29) is 0 Å². The van der Waals surface area contributed by atoms with Gasteiger partial charge in [0.15, 0.2) is 0 Å². The Morgan fingerprint density at radius 3 is 2.70 bits per heavy atom. The van der Waals surface area contributed by atoms with Gasteiger partial charge in [0.2, 0.25) is 0 Å². The van der Waals surface area contributed by atoms with Crippen LogP contribution < -0.4 is 10.6 Å². The topological polar surface area (TPSA) is 49.8 Å². The van der Waals surface area contributed by atoms with E-state index in [0.29, 0.717) is 5.02 Å². The van der Waals surface area contributed by atoms with Crippen LogP contribution in [0.2, 0.25) is 5.02 Å². The van der Waals surface area contributed by atoms with Gasteiger partial charge in [-0.15, -0.1) is 0 Å². The molecule has 0 aliphatic heterocycles. The predicted octanol–water partition coefficient (Wildman–Crippen LogP) is 4.77. The maximum atomic E-state index is 6.20. The van der Waals surface area contributed by atoms with E-state index in [4.69, 9.17) is 11.6 Å². The molecule has 2 aromatic rings. The SMILES string of the molecule is CCCNc1ncnc(Nc2ccc(Br)cc2Cl)c1C. The summed E-state index contributed by atoms with van der Waals surface area (Å²) in [6, 6.07) is 5.69. The summed E-state index contributed by atoms with van der Waals surface area (Å²) in [5, 5.41) is 7.16. The Kier molecular flexibility index (Phi) is 5.20. The van der Waals surface area contributed by atoms with E-state index >= 15 is 0 Å². The summed E-state index contributed by atoms with van der Waals surface area (Å²) in [6.07, 6.45) is 2.59. The minimum Gasteiger partial charge on any atom is -0.370 e. The van der Waals surface area contributed by atoms with Gasteiger partial charge in [0.25, 0.3) is 0 Å². The third-order valence-corrected chi connectivity index (χ3v) is 3.62. The zero-order valence-electron chi connectivity index (χ0n) is 11.4. The average Bonchev–Trinajstić information content (AvgIpc) is 2.42. The van der Waals surface area contributed by atoms with Gasteiger partial charge >= 0.3 is 0 Å². The number of rotatable bonds is 5. The fraction of sp³-hybridized carbons (Fsp3) is 0.286. The Hall–Kier alpha value is -1.33. The molecule has 0 amide bonds. The van der Waals surface area contributed by atoms with Gasteiger partial charge in [-0.25, -0.2) is 9.97 Å². The predicted molar refractivity (Wildman–Crippen MR) is 88.0 cm³/mol. The molecule has 0 radical (unpaired) electrons. The van der Waals surface area contributed by atoms with Crippen LogP contribution in [-0.2, 0) is 0 Å². The molecule has 1 aromatic heterocycles. The van der Waals surface area contributed by atoms with Gasteiger partial charge in [-0.3, -0.25) is 0 Å². The van der Waals surface area contributed by atoms with Gasteiger partial charge in [-0.1, -0.05) is 34.5 Å². The van der Waals surface area contributed by atoms with Crippen LogP contribution in [0.4, 0.5) is 17.3 Å². The highest BCUT2D eigenvalue weighted by atomic mass is 79.9. The monoisotopic (exact) mass is 354 g/mol. The quantitative estimate of drug-likeness (QED) is 0.811. The summed E-state index contributed by atoms with van der Waals surface area (Å²) >= 11 is 9.59. The van der Waals surface area contributed by atoms with E-state index in [9.17, 15) is 0 Å². The van der Waals surface area contributed by atoms with Crippen molar-refractivity contribution >= 4 is 44.9 Å². The summed E-state index contributed by atoms with van der Waals surface area (Å²) in [7, 11) is 0. The molecular weight excluding hydrogens is 340 g/mol. The van der Waals surface area contributed by atoms with E-state index < -0.39 is 0 Å². The van der Waals surface area contributed by atoms with Crippen molar-refractivity contribution in [2.75, 3.05) is 17.2 Å². The first-order valence-electron chi connectivity index (χ1n) is 6.39. The molecule has 20 heavy (non-hydrogen) atoms. The molecule has 0 aliphatic carbocycles. The number of nitrogens with zero attached hydrogens (tertiary/aromatic N) is 2. The summed E-state index contributed by atoms with van der Waals surface area (Å²) in [5.41, 5.74) is 1.79. The van der Waals surface area contributed by atoms with Crippen molar-refractivity contribution in [1.29, 1.82) is 0 Å². The molecule has 0 fully saturated rings. The highest BCUT2D eigenvalue weighted by Gasteiger charge is 2.08. The largest absolute Gasteiger partial charge is 0.370 e. The van der Waals surface area contributed by atoms with Crippen molar-refractivity contribution in [2.45, 2.75) is 20.3 Å². The van der Waals surface area contributed by atoms with Crippen LogP contribution in [0.25, 0.3) is 0 Å². The molecule has 2 rings (SSSR count). The summed E-state index contributed by atoms with van der Waals surface area (Å²) < 4.78 is 0.942. The Morgan fingerprint density at radius 2 is 2.00 bits per heavy atom. The highest BCUT2D eigenvalue weighted by molar-refractivity contribution is 9.10. The van der Waals surface area contributed by atoms with Gasteiger partial charge in [-0.2, -0.15) is 0 Å². The third kappa shape index (κ3) is 3.61. The standard InChI is InChI=1S/C14H16BrClN4/c1-3-6-17-13-9(2)14(19-8-18-13)20-12-5-4-10(15)7-11(12)16/h4-5,7-8H,3,6H2,1-2H3,(H2,17,18,19,20). The van der Waals surface area contributed by atoms with E-state index in [2.05, 4.69) is 43.5 Å². The minimum atomic E-state index is 0.639. The lowest BCUT2D eigenvalue weighted by Crippen LogP contribution is -2.07. The van der Waals surface area contributed by atoms with Crippen LogP contribution in [0.3, 0.4) is 0 Å². The number of hydrogen-bond donors (Lipinski definition) is 2. The molecule has 4 nitrogen and oxygen atoms in total. The lowest BCUT2D eigenvalue weighted by Gasteiger charge is -2.13. The van der Waals surface area contributed by atoms with E-state index in [1.165, 1.54) is 0 Å². The summed E-state index contributed by atoms with van der Waals surface area (Å²) in [4.78, 5) is 8.53. The molecule has 0 bridgehead atoms. The van der Waals surface area contributed by atoms with Crippen molar-refractivity contribution in [3.05, 3.63) is 39.6 Å². The molecule has 106 valence electrons. The van der Waals surface area contributed by atoms with Crippen LogP contribution in [0.15, 0.2) is 29.0 Å². The van der Waals surface area contributed by atoms with Gasteiger partial charge in [0.05, 0.1) is 10.7 Å². The van der Waals surface area contributed by atoms with Gasteiger partial charge in [-0.05, 0) is 31.5 Å². The number of halogens is 2. The lowest BCUT2D eigenvalue weighted by atomic mass is 10.2. The van der Waals surface area contributed by atoms with E-state index in [0.717, 1.165) is 40.3 Å². The maximum Gasteiger partial charge on any atom is 0.138 e. The minimum absolute atomic E-state index is 0.639. The van der Waals surface area contributed by atoms with Gasteiger partial charge < -0.3 is 10.6 Å². The summed E-state index contributed by atoms with van der Waals surface area (Å²) in [6.45, 7) is 4.98. The van der Waals surface area contributed by atoms with Crippen LogP contribution in [-0.4, -0.2) is 16.5 Å². The Labute approximate surface area is 132 Å². The fourth-order valence-electron chi connectivity index (χ4n) is 1.72. The molecular formula is C14H16BrClN4. The van der Waals surface area contributed by atoms with Crippen molar-refractivity contribution in [2.24, 2.45) is 0 Å². The van der Waals surface area contributed by atoms with Gasteiger partial charge in [0.1, 0.15) is 18.0 Å². The van der Waals surface area contributed by atoms with Crippen LogP contribution >= 0.6 is 27.5 Å². The van der Waals surface area contributed by atoms with E-state index in [1.54, 1.807) is 6.33 Å².